The minimum atomic E-state index is -1.22. The molecule has 1 rings (SSSR count). The van der Waals surface area contributed by atoms with Gasteiger partial charge in [0.1, 0.15) is 18.1 Å². The Morgan fingerprint density at radius 3 is 2.24 bits per heavy atom. The summed E-state index contributed by atoms with van der Waals surface area (Å²) in [4.78, 5) is 53.3. The van der Waals surface area contributed by atoms with Crippen LogP contribution in [0, 0.1) is 5.92 Å². The number of rotatable bonds is 14. The molecule has 0 aromatic carbocycles. The van der Waals surface area contributed by atoms with E-state index in [0.29, 0.717) is 19.3 Å². The highest BCUT2D eigenvalue weighted by molar-refractivity contribution is 7.80. The van der Waals surface area contributed by atoms with Gasteiger partial charge in [-0.3, -0.25) is 19.4 Å². The van der Waals surface area contributed by atoms with Crippen LogP contribution in [0.1, 0.15) is 46.0 Å². The maximum atomic E-state index is 12.9. The molecule has 0 aromatic heterocycles. The number of hydrogen-bond donors (Lipinski definition) is 8. The van der Waals surface area contributed by atoms with Crippen molar-refractivity contribution in [1.82, 2.24) is 21.3 Å². The van der Waals surface area contributed by atoms with Crippen molar-refractivity contribution < 1.29 is 24.3 Å². The van der Waals surface area contributed by atoms with Crippen LogP contribution in [0.25, 0.3) is 0 Å². The zero-order chi connectivity index (χ0) is 25.0. The summed E-state index contributed by atoms with van der Waals surface area (Å²) in [6, 6.07) is -3.42. The van der Waals surface area contributed by atoms with Crippen molar-refractivity contribution in [1.29, 1.82) is 0 Å². The van der Waals surface area contributed by atoms with Gasteiger partial charge in [-0.25, -0.2) is 4.79 Å². The van der Waals surface area contributed by atoms with Crippen molar-refractivity contribution >= 4 is 42.3 Å². The largest absolute Gasteiger partial charge is 0.480 e. The molecule has 0 bridgehead atoms. The molecule has 1 fully saturated rings. The quantitative estimate of drug-likeness (QED) is 0.0613. The number of carbonyl (C=O) groups is 4. The van der Waals surface area contributed by atoms with E-state index in [2.05, 4.69) is 38.9 Å². The van der Waals surface area contributed by atoms with Crippen LogP contribution in [-0.2, 0) is 19.2 Å². The number of carboxylic acids is 1. The third kappa shape index (κ3) is 10.7. The van der Waals surface area contributed by atoms with Crippen molar-refractivity contribution in [2.24, 2.45) is 22.4 Å². The van der Waals surface area contributed by atoms with E-state index in [-0.39, 0.29) is 42.5 Å². The minimum Gasteiger partial charge on any atom is -0.480 e. The summed E-state index contributed by atoms with van der Waals surface area (Å²) >= 11 is 4.13. The predicted molar refractivity (Wildman–Crippen MR) is 128 cm³/mol. The Morgan fingerprint density at radius 2 is 1.73 bits per heavy atom. The Labute approximate surface area is 199 Å². The number of hydrogen-bond acceptors (Lipinski definition) is 7. The summed E-state index contributed by atoms with van der Waals surface area (Å²) < 4.78 is 0. The maximum Gasteiger partial charge on any atom is 0.326 e. The number of nitrogens with zero attached hydrogens (tertiary/aromatic N) is 1. The second-order valence-electron chi connectivity index (χ2n) is 8.43. The highest BCUT2D eigenvalue weighted by atomic mass is 32.1. The SMILES string of the molecule is CC(C)CC(NC(=O)C1CCCN1)C(=O)NC(CS)C(=O)NC(CCCN=C(N)N)C(=O)O. The molecule has 33 heavy (non-hydrogen) atoms. The number of nitrogens with one attached hydrogen (secondary N) is 4. The molecule has 4 unspecified atom stereocenters. The molecule has 3 amide bonds. The molecular formula is C20H37N7O5S. The summed E-state index contributed by atoms with van der Waals surface area (Å²) in [5.41, 5.74) is 10.5. The molecular weight excluding hydrogens is 450 g/mol. The fourth-order valence-electron chi connectivity index (χ4n) is 3.38. The standard InChI is InChI=1S/C20H37N7O5S/c1-11(2)9-14(26-16(28)12-5-3-7-23-12)17(29)27-15(10-33)18(30)25-13(19(31)32)6-4-8-24-20(21)22/h11-15,23,33H,3-10H2,1-2H3,(H,25,30)(H,26,28)(H,27,29)(H,31,32)(H4,21,22,24). The van der Waals surface area contributed by atoms with Crippen molar-refractivity contribution in [3.63, 3.8) is 0 Å². The lowest BCUT2D eigenvalue weighted by Crippen LogP contribution is -2.57. The zero-order valence-corrected chi connectivity index (χ0v) is 20.1. The molecule has 0 aliphatic carbocycles. The van der Waals surface area contributed by atoms with Gasteiger partial charge in [0.15, 0.2) is 5.96 Å². The summed E-state index contributed by atoms with van der Waals surface area (Å²) in [7, 11) is 0. The molecule has 1 heterocycles. The van der Waals surface area contributed by atoms with Gasteiger partial charge in [0.05, 0.1) is 6.04 Å². The molecule has 9 N–H and O–H groups in total. The first kappa shape index (κ1) is 28.5. The van der Waals surface area contributed by atoms with E-state index in [1.165, 1.54) is 0 Å². The lowest BCUT2D eigenvalue weighted by Gasteiger charge is -2.25. The van der Waals surface area contributed by atoms with Gasteiger partial charge in [-0.2, -0.15) is 12.6 Å². The number of amides is 3. The van der Waals surface area contributed by atoms with Gasteiger partial charge in [-0.15, -0.1) is 0 Å². The normalized spacial score (nSPS) is 18.1. The predicted octanol–water partition coefficient (Wildman–Crippen LogP) is -1.69. The van der Waals surface area contributed by atoms with Gasteiger partial charge < -0.3 is 37.8 Å². The van der Waals surface area contributed by atoms with Gasteiger partial charge in [-0.1, -0.05) is 13.8 Å². The Kier molecular flexibility index (Phi) is 12.6. The van der Waals surface area contributed by atoms with Crippen LogP contribution < -0.4 is 32.7 Å². The van der Waals surface area contributed by atoms with Crippen LogP contribution in [0.4, 0.5) is 0 Å². The topological polar surface area (TPSA) is 201 Å². The fourth-order valence-corrected chi connectivity index (χ4v) is 3.64. The van der Waals surface area contributed by atoms with Gasteiger partial charge in [0, 0.05) is 12.3 Å². The third-order valence-corrected chi connectivity index (χ3v) is 5.46. The minimum absolute atomic E-state index is 0.0512. The van der Waals surface area contributed by atoms with Crippen LogP contribution in [0.2, 0.25) is 0 Å². The van der Waals surface area contributed by atoms with Gasteiger partial charge in [-0.05, 0) is 44.6 Å². The molecule has 0 spiro atoms. The monoisotopic (exact) mass is 487 g/mol. The summed E-state index contributed by atoms with van der Waals surface area (Å²) in [5, 5.41) is 20.2. The first-order valence-corrected chi connectivity index (χ1v) is 11.7. The molecule has 0 saturated carbocycles. The van der Waals surface area contributed by atoms with E-state index in [1.54, 1.807) is 0 Å². The molecule has 4 atom stereocenters. The lowest BCUT2D eigenvalue weighted by molar-refractivity contribution is -0.142. The highest BCUT2D eigenvalue weighted by Gasteiger charge is 2.31. The number of aliphatic imine (C=N–C) groups is 1. The van der Waals surface area contributed by atoms with Crippen LogP contribution in [0.5, 0.6) is 0 Å². The molecule has 13 heteroatoms. The first-order chi connectivity index (χ1) is 15.5. The molecule has 12 nitrogen and oxygen atoms in total. The van der Waals surface area contributed by atoms with E-state index in [1.807, 2.05) is 13.8 Å². The number of aliphatic carboxylic acids is 1. The van der Waals surface area contributed by atoms with Crippen molar-refractivity contribution in [2.45, 2.75) is 70.1 Å². The van der Waals surface area contributed by atoms with E-state index in [9.17, 15) is 24.3 Å². The third-order valence-electron chi connectivity index (χ3n) is 5.09. The number of thiol groups is 1. The van der Waals surface area contributed by atoms with Gasteiger partial charge in [0.25, 0.3) is 0 Å². The van der Waals surface area contributed by atoms with E-state index in [0.717, 1.165) is 13.0 Å². The first-order valence-electron chi connectivity index (χ1n) is 11.1. The van der Waals surface area contributed by atoms with Crippen molar-refractivity contribution in [2.75, 3.05) is 18.8 Å². The van der Waals surface area contributed by atoms with E-state index >= 15 is 0 Å². The molecule has 188 valence electrons. The smallest absolute Gasteiger partial charge is 0.326 e. The van der Waals surface area contributed by atoms with Crippen LogP contribution in [0.15, 0.2) is 4.99 Å². The number of carboxylic acid groups (broad SMARTS) is 1. The van der Waals surface area contributed by atoms with Crippen molar-refractivity contribution in [3.8, 4) is 0 Å². The van der Waals surface area contributed by atoms with Crippen LogP contribution >= 0.6 is 12.6 Å². The Morgan fingerprint density at radius 1 is 1.09 bits per heavy atom. The van der Waals surface area contributed by atoms with Crippen LogP contribution in [0.3, 0.4) is 0 Å². The Balaban J connectivity index is 2.74. The van der Waals surface area contributed by atoms with Crippen LogP contribution in [-0.4, -0.2) is 77.8 Å². The fraction of sp³-hybridized carbons (Fsp3) is 0.750. The van der Waals surface area contributed by atoms with E-state index < -0.39 is 35.9 Å². The number of carbonyl (C=O) groups excluding carboxylic acids is 3. The Bertz CT molecular complexity index is 709. The zero-order valence-electron chi connectivity index (χ0n) is 19.2. The Hall–Kier alpha value is -2.54. The lowest BCUT2D eigenvalue weighted by atomic mass is 10.0. The van der Waals surface area contributed by atoms with Gasteiger partial charge in [0.2, 0.25) is 17.7 Å². The second-order valence-corrected chi connectivity index (χ2v) is 8.80. The second kappa shape index (κ2) is 14.6. The molecule has 1 aliphatic heterocycles. The number of guanidine groups is 1. The van der Waals surface area contributed by atoms with Gasteiger partial charge >= 0.3 is 5.97 Å². The molecule has 1 aliphatic rings. The summed E-state index contributed by atoms with van der Waals surface area (Å²) in [6.45, 7) is 4.81. The maximum absolute atomic E-state index is 12.9. The summed E-state index contributed by atoms with van der Waals surface area (Å²) in [6.07, 6.45) is 2.41. The van der Waals surface area contributed by atoms with E-state index in [4.69, 9.17) is 11.5 Å². The molecule has 1 saturated heterocycles. The molecule has 0 radical (unpaired) electrons. The molecule has 0 aromatic rings. The highest BCUT2D eigenvalue weighted by Crippen LogP contribution is 2.09. The van der Waals surface area contributed by atoms with Crippen molar-refractivity contribution in [3.05, 3.63) is 0 Å². The average Bonchev–Trinajstić information content (AvgIpc) is 3.27. The number of nitrogens with two attached hydrogens (primary N) is 2. The average molecular weight is 488 g/mol. The summed E-state index contributed by atoms with van der Waals surface area (Å²) in [5.74, 6) is -2.72.